The van der Waals surface area contributed by atoms with Gasteiger partial charge in [-0.1, -0.05) is 30.9 Å². The van der Waals surface area contributed by atoms with E-state index < -0.39 is 0 Å². The molecule has 0 aliphatic rings. The minimum Gasteiger partial charge on any atom is -0.295 e. The molecule has 0 unspecified atom stereocenters. The normalized spacial score (nSPS) is 12.0. The molecule has 0 N–H and O–H groups in total. The van der Waals surface area contributed by atoms with Crippen LogP contribution < -0.4 is 0 Å². The first kappa shape index (κ1) is 13.2. The van der Waals surface area contributed by atoms with Crippen LogP contribution in [-0.2, 0) is 0 Å². The lowest BCUT2D eigenvalue weighted by Gasteiger charge is -2.10. The average molecular weight is 277 g/mol. The van der Waals surface area contributed by atoms with Gasteiger partial charge in [-0.25, -0.2) is 9.50 Å². The van der Waals surface area contributed by atoms with Crippen molar-refractivity contribution >= 4 is 27.8 Å². The molecule has 3 rings (SSSR count). The van der Waals surface area contributed by atoms with Crippen molar-refractivity contribution in [2.75, 3.05) is 0 Å². The monoisotopic (exact) mass is 277 g/mol. The molecule has 104 valence electrons. The molecular weight excluding hydrogens is 262 g/mol. The van der Waals surface area contributed by atoms with Gasteiger partial charge in [0.1, 0.15) is 6.33 Å². The van der Waals surface area contributed by atoms with Gasteiger partial charge in [0.2, 0.25) is 0 Å². The molecule has 1 aromatic carbocycles. The van der Waals surface area contributed by atoms with Gasteiger partial charge in [0, 0.05) is 22.7 Å². The topological polar surface area (TPSA) is 47.3 Å². The molecule has 3 aromatic rings. The average Bonchev–Trinajstić information content (AvgIpc) is 2.96. The van der Waals surface area contributed by atoms with Crippen LogP contribution in [0.3, 0.4) is 0 Å². The number of hydrogen-bond donors (Lipinski definition) is 0. The molecule has 0 aliphatic heterocycles. The zero-order valence-electron chi connectivity index (χ0n) is 12.0. The lowest BCUT2D eigenvalue weighted by atomic mass is 9.98. The lowest BCUT2D eigenvalue weighted by molar-refractivity contribution is 0.101. The molecule has 0 aliphatic carbocycles. The highest BCUT2D eigenvalue weighted by Gasteiger charge is 2.12. The Morgan fingerprint density at radius 1 is 1.33 bits per heavy atom. The molecule has 4 nitrogen and oxygen atoms in total. The second kappa shape index (κ2) is 4.98. The molecule has 2 heterocycles. The Kier molecular flexibility index (Phi) is 3.14. The molecule has 0 radical (unpaired) electrons. The standard InChI is InChI=1S/C17H15N3O/c1-4-12(5-2)16-9-20-17(18-10-19-20)15-8-13(11(3)21)6-7-14(15)16/h4-10H,1H2,2-3H3/b12-5+. The summed E-state index contributed by atoms with van der Waals surface area (Å²) in [6, 6.07) is 5.68. The number of rotatable bonds is 3. The van der Waals surface area contributed by atoms with Crippen LogP contribution in [0.25, 0.3) is 22.0 Å². The second-order valence-electron chi connectivity index (χ2n) is 4.84. The van der Waals surface area contributed by atoms with E-state index in [0.29, 0.717) is 5.56 Å². The fraction of sp³-hybridized carbons (Fsp3) is 0.118. The molecule has 21 heavy (non-hydrogen) atoms. The van der Waals surface area contributed by atoms with E-state index in [-0.39, 0.29) is 5.78 Å². The van der Waals surface area contributed by atoms with E-state index in [1.165, 1.54) is 6.33 Å². The Morgan fingerprint density at radius 3 is 2.81 bits per heavy atom. The van der Waals surface area contributed by atoms with Gasteiger partial charge in [0.25, 0.3) is 0 Å². The third kappa shape index (κ3) is 2.05. The Hall–Kier alpha value is -2.75. The van der Waals surface area contributed by atoms with Crippen molar-refractivity contribution in [1.29, 1.82) is 0 Å². The number of allylic oxidation sites excluding steroid dienone is 3. The molecule has 2 aromatic heterocycles. The summed E-state index contributed by atoms with van der Waals surface area (Å²) in [4.78, 5) is 15.9. The van der Waals surface area contributed by atoms with Crippen LogP contribution in [0.1, 0.15) is 29.8 Å². The number of pyridine rings is 1. The molecule has 0 atom stereocenters. The first-order chi connectivity index (χ1) is 10.2. The van der Waals surface area contributed by atoms with E-state index >= 15 is 0 Å². The zero-order valence-corrected chi connectivity index (χ0v) is 12.0. The molecule has 0 bridgehead atoms. The summed E-state index contributed by atoms with van der Waals surface area (Å²) < 4.78 is 1.73. The number of aromatic nitrogens is 3. The van der Waals surface area contributed by atoms with E-state index in [9.17, 15) is 4.79 Å². The van der Waals surface area contributed by atoms with Gasteiger partial charge >= 0.3 is 0 Å². The van der Waals surface area contributed by atoms with Crippen LogP contribution in [-0.4, -0.2) is 20.4 Å². The van der Waals surface area contributed by atoms with Gasteiger partial charge in [0.15, 0.2) is 11.4 Å². The smallest absolute Gasteiger partial charge is 0.163 e. The fourth-order valence-electron chi connectivity index (χ4n) is 2.53. The third-order valence-electron chi connectivity index (χ3n) is 3.62. The molecular formula is C17H15N3O. The number of ketones is 1. The summed E-state index contributed by atoms with van der Waals surface area (Å²) >= 11 is 0. The van der Waals surface area contributed by atoms with Crippen LogP contribution in [0.2, 0.25) is 0 Å². The summed E-state index contributed by atoms with van der Waals surface area (Å²) in [5.74, 6) is 0.0370. The fourth-order valence-corrected chi connectivity index (χ4v) is 2.53. The van der Waals surface area contributed by atoms with Gasteiger partial charge in [-0.2, -0.15) is 5.10 Å². The second-order valence-corrected chi connectivity index (χ2v) is 4.84. The maximum absolute atomic E-state index is 11.6. The van der Waals surface area contributed by atoms with Gasteiger partial charge in [-0.05, 0) is 30.9 Å². The van der Waals surface area contributed by atoms with Crippen molar-refractivity contribution in [3.05, 3.63) is 60.6 Å². The number of carbonyl (C=O) groups is 1. The summed E-state index contributed by atoms with van der Waals surface area (Å²) in [6.07, 6.45) is 7.27. The predicted octanol–water partition coefficient (Wildman–Crippen LogP) is 3.67. The van der Waals surface area contributed by atoms with Crippen LogP contribution in [0.15, 0.2) is 49.5 Å². The van der Waals surface area contributed by atoms with E-state index in [1.54, 1.807) is 11.4 Å². The first-order valence-corrected chi connectivity index (χ1v) is 6.72. The van der Waals surface area contributed by atoms with Gasteiger partial charge in [-0.15, -0.1) is 0 Å². The summed E-state index contributed by atoms with van der Waals surface area (Å²) in [5, 5.41) is 6.17. The van der Waals surface area contributed by atoms with Crippen LogP contribution >= 0.6 is 0 Å². The molecule has 0 amide bonds. The Morgan fingerprint density at radius 2 is 2.14 bits per heavy atom. The van der Waals surface area contributed by atoms with E-state index in [2.05, 4.69) is 16.7 Å². The van der Waals surface area contributed by atoms with Crippen molar-refractivity contribution in [2.24, 2.45) is 0 Å². The van der Waals surface area contributed by atoms with Crippen molar-refractivity contribution in [1.82, 2.24) is 14.6 Å². The highest BCUT2D eigenvalue weighted by Crippen LogP contribution is 2.29. The molecule has 0 saturated heterocycles. The maximum atomic E-state index is 11.6. The highest BCUT2D eigenvalue weighted by molar-refractivity contribution is 6.06. The number of Topliss-reactive ketones (excluding diaryl/α,β-unsaturated/α-hetero) is 1. The summed E-state index contributed by atoms with van der Waals surface area (Å²) in [6.45, 7) is 7.39. The Labute approximate surface area is 122 Å². The van der Waals surface area contributed by atoms with Gasteiger partial charge in [0.05, 0.1) is 0 Å². The van der Waals surface area contributed by atoms with E-state index in [4.69, 9.17) is 0 Å². The van der Waals surface area contributed by atoms with Gasteiger partial charge in [-0.3, -0.25) is 4.79 Å². The maximum Gasteiger partial charge on any atom is 0.163 e. The van der Waals surface area contributed by atoms with E-state index in [1.807, 2.05) is 43.5 Å². The number of carbonyl (C=O) groups excluding carboxylic acids is 1. The largest absolute Gasteiger partial charge is 0.295 e. The third-order valence-corrected chi connectivity index (χ3v) is 3.62. The molecule has 0 spiro atoms. The van der Waals surface area contributed by atoms with Crippen LogP contribution in [0.4, 0.5) is 0 Å². The van der Waals surface area contributed by atoms with E-state index in [0.717, 1.165) is 27.6 Å². The number of nitrogens with zero attached hydrogens (tertiary/aromatic N) is 3. The van der Waals surface area contributed by atoms with Crippen molar-refractivity contribution in [2.45, 2.75) is 13.8 Å². The Bertz CT molecular complexity index is 903. The minimum absolute atomic E-state index is 0.0370. The Balaban J connectivity index is 2.48. The lowest BCUT2D eigenvalue weighted by Crippen LogP contribution is -1.97. The van der Waals surface area contributed by atoms with Crippen molar-refractivity contribution < 1.29 is 4.79 Å². The number of benzene rings is 1. The molecule has 0 fully saturated rings. The molecule has 0 saturated carbocycles. The van der Waals surface area contributed by atoms with Crippen molar-refractivity contribution in [3.8, 4) is 0 Å². The summed E-state index contributed by atoms with van der Waals surface area (Å²) in [7, 11) is 0. The van der Waals surface area contributed by atoms with Gasteiger partial charge < -0.3 is 0 Å². The zero-order chi connectivity index (χ0) is 15.0. The number of fused-ring (bicyclic) bond motifs is 3. The quantitative estimate of drug-likeness (QED) is 0.542. The first-order valence-electron chi connectivity index (χ1n) is 6.72. The SMILES string of the molecule is C=C/C(=C\C)c1cn2ncnc2c2cc(C(C)=O)ccc12. The van der Waals surface area contributed by atoms with Crippen LogP contribution in [0, 0.1) is 0 Å². The molecule has 4 heteroatoms. The highest BCUT2D eigenvalue weighted by atomic mass is 16.1. The summed E-state index contributed by atoms with van der Waals surface area (Å²) in [5.41, 5.74) is 3.46. The van der Waals surface area contributed by atoms with Crippen molar-refractivity contribution in [3.63, 3.8) is 0 Å². The van der Waals surface area contributed by atoms with Crippen LogP contribution in [0.5, 0.6) is 0 Å². The number of hydrogen-bond acceptors (Lipinski definition) is 3. The minimum atomic E-state index is 0.0370. The predicted molar refractivity (Wildman–Crippen MR) is 84.3 cm³/mol.